The molecule has 4 heteroatoms. The molecule has 0 radical (unpaired) electrons. The van der Waals surface area contributed by atoms with Crippen LogP contribution in [0.2, 0.25) is 0 Å². The molecule has 3 N–H and O–H groups in total. The minimum Gasteiger partial charge on any atom is -0.336 e. The van der Waals surface area contributed by atoms with Gasteiger partial charge in [0.15, 0.2) is 0 Å². The second-order valence-corrected chi connectivity index (χ2v) is 5.39. The van der Waals surface area contributed by atoms with Gasteiger partial charge < -0.3 is 16.0 Å². The highest BCUT2D eigenvalue weighted by Gasteiger charge is 2.40. The Hall–Kier alpha value is -0.770. The van der Waals surface area contributed by atoms with Crippen LogP contribution in [0.4, 0.5) is 4.79 Å². The van der Waals surface area contributed by atoms with Gasteiger partial charge in [-0.15, -0.1) is 0 Å². The molecule has 1 rings (SSSR count). The molecule has 0 aliphatic heterocycles. The zero-order valence-electron chi connectivity index (χ0n) is 11.5. The standard InChI is InChI=1S/C13H27N3O/c1-4-9-16(12(17)15-11(2)3)13(10-14)7-5-6-8-13/h11H,4-10,14H2,1-3H3,(H,15,17). The minimum atomic E-state index is -0.0883. The van der Waals surface area contributed by atoms with Gasteiger partial charge in [-0.1, -0.05) is 19.8 Å². The molecule has 100 valence electrons. The van der Waals surface area contributed by atoms with E-state index in [1.165, 1.54) is 12.8 Å². The highest BCUT2D eigenvalue weighted by Crippen LogP contribution is 2.34. The van der Waals surface area contributed by atoms with Gasteiger partial charge in [-0.05, 0) is 33.1 Å². The number of urea groups is 1. The number of nitrogens with one attached hydrogen (secondary N) is 1. The van der Waals surface area contributed by atoms with Crippen LogP contribution in [0.5, 0.6) is 0 Å². The van der Waals surface area contributed by atoms with Gasteiger partial charge in [-0.3, -0.25) is 0 Å². The summed E-state index contributed by atoms with van der Waals surface area (Å²) in [6.45, 7) is 7.47. The monoisotopic (exact) mass is 241 g/mol. The Bertz CT molecular complexity index is 247. The lowest BCUT2D eigenvalue weighted by atomic mass is 9.95. The molecule has 1 aliphatic rings. The molecular formula is C13H27N3O. The van der Waals surface area contributed by atoms with Gasteiger partial charge in [0, 0.05) is 19.1 Å². The lowest BCUT2D eigenvalue weighted by Crippen LogP contribution is -2.58. The Morgan fingerprint density at radius 3 is 2.41 bits per heavy atom. The van der Waals surface area contributed by atoms with E-state index in [-0.39, 0.29) is 17.6 Å². The number of amides is 2. The van der Waals surface area contributed by atoms with E-state index in [1.54, 1.807) is 0 Å². The van der Waals surface area contributed by atoms with Crippen LogP contribution in [0.1, 0.15) is 52.9 Å². The summed E-state index contributed by atoms with van der Waals surface area (Å²) in [6, 6.07) is 0.229. The predicted molar refractivity (Wildman–Crippen MR) is 70.9 cm³/mol. The molecule has 17 heavy (non-hydrogen) atoms. The fourth-order valence-corrected chi connectivity index (χ4v) is 2.72. The van der Waals surface area contributed by atoms with Crippen LogP contribution < -0.4 is 11.1 Å². The van der Waals surface area contributed by atoms with Crippen molar-refractivity contribution in [1.82, 2.24) is 10.2 Å². The van der Waals surface area contributed by atoms with Gasteiger partial charge in [0.2, 0.25) is 0 Å². The first-order chi connectivity index (χ1) is 8.05. The summed E-state index contributed by atoms with van der Waals surface area (Å²) >= 11 is 0. The molecule has 0 saturated heterocycles. The van der Waals surface area contributed by atoms with Crippen molar-refractivity contribution in [2.24, 2.45) is 5.73 Å². The van der Waals surface area contributed by atoms with Crippen LogP contribution in [0, 0.1) is 0 Å². The van der Waals surface area contributed by atoms with Crippen molar-refractivity contribution < 1.29 is 4.79 Å². The molecule has 0 heterocycles. The van der Waals surface area contributed by atoms with Crippen LogP contribution in [0.25, 0.3) is 0 Å². The number of nitrogens with zero attached hydrogens (tertiary/aromatic N) is 1. The number of carbonyl (C=O) groups excluding carboxylic acids is 1. The molecule has 0 aromatic heterocycles. The van der Waals surface area contributed by atoms with Crippen LogP contribution in [-0.4, -0.2) is 35.6 Å². The number of carbonyl (C=O) groups is 1. The molecule has 0 bridgehead atoms. The Morgan fingerprint density at radius 2 is 2.00 bits per heavy atom. The Morgan fingerprint density at radius 1 is 1.41 bits per heavy atom. The minimum absolute atomic E-state index is 0.0502. The summed E-state index contributed by atoms with van der Waals surface area (Å²) < 4.78 is 0. The van der Waals surface area contributed by atoms with E-state index in [1.807, 2.05) is 18.7 Å². The highest BCUT2D eigenvalue weighted by molar-refractivity contribution is 5.75. The van der Waals surface area contributed by atoms with E-state index in [2.05, 4.69) is 12.2 Å². The molecule has 1 fully saturated rings. The quantitative estimate of drug-likeness (QED) is 0.774. The van der Waals surface area contributed by atoms with Crippen LogP contribution >= 0.6 is 0 Å². The number of rotatable bonds is 5. The summed E-state index contributed by atoms with van der Waals surface area (Å²) in [7, 11) is 0. The third kappa shape index (κ3) is 3.35. The van der Waals surface area contributed by atoms with Gasteiger partial charge in [0.1, 0.15) is 0 Å². The first-order valence-corrected chi connectivity index (χ1v) is 6.84. The molecule has 0 aromatic rings. The summed E-state index contributed by atoms with van der Waals surface area (Å²) in [4.78, 5) is 14.2. The fraction of sp³-hybridized carbons (Fsp3) is 0.923. The second-order valence-electron chi connectivity index (χ2n) is 5.39. The van der Waals surface area contributed by atoms with Gasteiger partial charge in [-0.25, -0.2) is 4.79 Å². The average Bonchev–Trinajstić information content (AvgIpc) is 2.74. The van der Waals surface area contributed by atoms with E-state index in [0.717, 1.165) is 25.8 Å². The average molecular weight is 241 g/mol. The summed E-state index contributed by atoms with van der Waals surface area (Å²) in [5.74, 6) is 0. The van der Waals surface area contributed by atoms with E-state index in [0.29, 0.717) is 6.54 Å². The Labute approximate surface area is 105 Å². The number of hydrogen-bond donors (Lipinski definition) is 2. The number of hydrogen-bond acceptors (Lipinski definition) is 2. The van der Waals surface area contributed by atoms with E-state index < -0.39 is 0 Å². The van der Waals surface area contributed by atoms with Gasteiger partial charge in [-0.2, -0.15) is 0 Å². The van der Waals surface area contributed by atoms with E-state index >= 15 is 0 Å². The Balaban J connectivity index is 2.79. The maximum absolute atomic E-state index is 12.3. The van der Waals surface area contributed by atoms with Gasteiger partial charge in [0.05, 0.1) is 5.54 Å². The highest BCUT2D eigenvalue weighted by atomic mass is 16.2. The lowest BCUT2D eigenvalue weighted by Gasteiger charge is -2.41. The van der Waals surface area contributed by atoms with Gasteiger partial charge in [0.25, 0.3) is 0 Å². The normalized spacial score (nSPS) is 18.4. The maximum Gasteiger partial charge on any atom is 0.318 e. The van der Waals surface area contributed by atoms with Crippen molar-refractivity contribution in [2.45, 2.75) is 64.5 Å². The van der Waals surface area contributed by atoms with Crippen LogP contribution in [0.15, 0.2) is 0 Å². The first-order valence-electron chi connectivity index (χ1n) is 6.84. The smallest absolute Gasteiger partial charge is 0.318 e. The first kappa shape index (κ1) is 14.3. The molecule has 0 spiro atoms. The van der Waals surface area contributed by atoms with Crippen molar-refractivity contribution in [3.8, 4) is 0 Å². The molecule has 2 amide bonds. The third-order valence-corrected chi connectivity index (χ3v) is 3.59. The zero-order chi connectivity index (χ0) is 12.9. The molecular weight excluding hydrogens is 214 g/mol. The molecule has 1 aliphatic carbocycles. The molecule has 0 unspecified atom stereocenters. The summed E-state index contributed by atoms with van der Waals surface area (Å²) in [5, 5.41) is 3.00. The second kappa shape index (κ2) is 6.24. The van der Waals surface area contributed by atoms with Crippen molar-refractivity contribution >= 4 is 6.03 Å². The molecule has 4 nitrogen and oxygen atoms in total. The number of nitrogens with two attached hydrogens (primary N) is 1. The molecule has 0 atom stereocenters. The maximum atomic E-state index is 12.3. The van der Waals surface area contributed by atoms with Crippen molar-refractivity contribution in [3.05, 3.63) is 0 Å². The SMILES string of the molecule is CCCN(C(=O)NC(C)C)C1(CN)CCCC1. The predicted octanol–water partition coefficient (Wildman–Crippen LogP) is 2.09. The van der Waals surface area contributed by atoms with Crippen molar-refractivity contribution in [3.63, 3.8) is 0 Å². The Kier molecular flexibility index (Phi) is 5.25. The van der Waals surface area contributed by atoms with Crippen LogP contribution in [-0.2, 0) is 0 Å². The zero-order valence-corrected chi connectivity index (χ0v) is 11.5. The summed E-state index contributed by atoms with van der Waals surface area (Å²) in [5.41, 5.74) is 5.86. The summed E-state index contributed by atoms with van der Waals surface area (Å²) in [6.07, 6.45) is 5.45. The van der Waals surface area contributed by atoms with Crippen LogP contribution in [0.3, 0.4) is 0 Å². The largest absolute Gasteiger partial charge is 0.336 e. The van der Waals surface area contributed by atoms with Crippen molar-refractivity contribution in [1.29, 1.82) is 0 Å². The van der Waals surface area contributed by atoms with E-state index in [4.69, 9.17) is 5.73 Å². The topological polar surface area (TPSA) is 58.4 Å². The van der Waals surface area contributed by atoms with E-state index in [9.17, 15) is 4.79 Å². The fourth-order valence-electron chi connectivity index (χ4n) is 2.72. The van der Waals surface area contributed by atoms with Gasteiger partial charge >= 0.3 is 6.03 Å². The lowest BCUT2D eigenvalue weighted by molar-refractivity contribution is 0.117. The third-order valence-electron chi connectivity index (χ3n) is 3.59. The molecule has 1 saturated carbocycles. The molecule has 0 aromatic carbocycles. The van der Waals surface area contributed by atoms with Crippen molar-refractivity contribution in [2.75, 3.05) is 13.1 Å².